The molecule has 1 aromatic rings. The van der Waals surface area contributed by atoms with Gasteiger partial charge in [-0.2, -0.15) is 13.2 Å². The first-order valence-corrected chi connectivity index (χ1v) is 3.35. The van der Waals surface area contributed by atoms with Crippen molar-refractivity contribution in [3.63, 3.8) is 0 Å². The maximum absolute atomic E-state index is 12.1. The average molecular weight is 193 g/mol. The van der Waals surface area contributed by atoms with E-state index >= 15 is 0 Å². The number of pyridine rings is 1. The smallest absolute Gasteiger partial charge is 0.391 e. The lowest BCUT2D eigenvalue weighted by Gasteiger charge is -2.05. The van der Waals surface area contributed by atoms with E-state index in [2.05, 4.69) is 4.98 Å². The lowest BCUT2D eigenvalue weighted by molar-refractivity contribution is -0.138. The standard InChI is InChI=1S/C7H6F3NO2/c8-7(9,10)5-2-11-1-4(3-12)6(5)13/h1-2,12H,3H2,(H,11,13). The van der Waals surface area contributed by atoms with Gasteiger partial charge in [0, 0.05) is 18.0 Å². The number of aromatic nitrogens is 1. The second-order valence-electron chi connectivity index (χ2n) is 2.38. The predicted molar refractivity (Wildman–Crippen MR) is 38.0 cm³/mol. The normalized spacial score (nSPS) is 11.7. The van der Waals surface area contributed by atoms with Gasteiger partial charge < -0.3 is 10.1 Å². The minimum absolute atomic E-state index is 0.296. The maximum Gasteiger partial charge on any atom is 0.421 e. The van der Waals surface area contributed by atoms with Crippen molar-refractivity contribution in [3.05, 3.63) is 33.7 Å². The van der Waals surface area contributed by atoms with Crippen molar-refractivity contribution in [2.24, 2.45) is 0 Å². The van der Waals surface area contributed by atoms with E-state index in [9.17, 15) is 18.0 Å². The highest BCUT2D eigenvalue weighted by molar-refractivity contribution is 5.20. The van der Waals surface area contributed by atoms with Crippen LogP contribution in [0, 0.1) is 0 Å². The Kier molecular flexibility index (Phi) is 2.42. The summed E-state index contributed by atoms with van der Waals surface area (Å²) in [5.41, 5.74) is -2.78. The molecule has 0 unspecified atom stereocenters. The molecule has 0 saturated heterocycles. The SMILES string of the molecule is O=c1c(CO)c[nH]cc1C(F)(F)F. The van der Waals surface area contributed by atoms with Crippen LogP contribution >= 0.6 is 0 Å². The number of aliphatic hydroxyl groups excluding tert-OH is 1. The molecule has 1 rings (SSSR count). The van der Waals surface area contributed by atoms with Gasteiger partial charge in [-0.15, -0.1) is 0 Å². The highest BCUT2D eigenvalue weighted by Gasteiger charge is 2.34. The number of alkyl halides is 3. The minimum Gasteiger partial charge on any atom is -0.391 e. The van der Waals surface area contributed by atoms with Gasteiger partial charge in [0.05, 0.1) is 6.61 Å². The Balaban J connectivity index is 3.33. The van der Waals surface area contributed by atoms with E-state index in [1.54, 1.807) is 0 Å². The van der Waals surface area contributed by atoms with Gasteiger partial charge >= 0.3 is 6.18 Å². The van der Waals surface area contributed by atoms with Crippen molar-refractivity contribution in [1.29, 1.82) is 0 Å². The molecule has 13 heavy (non-hydrogen) atoms. The van der Waals surface area contributed by atoms with Gasteiger partial charge in [0.25, 0.3) is 0 Å². The van der Waals surface area contributed by atoms with Crippen molar-refractivity contribution in [3.8, 4) is 0 Å². The summed E-state index contributed by atoms with van der Waals surface area (Å²) in [6.07, 6.45) is -3.07. The van der Waals surface area contributed by atoms with Crippen LogP contribution in [0.15, 0.2) is 17.2 Å². The third kappa shape index (κ3) is 1.89. The Bertz CT molecular complexity index is 355. The zero-order valence-corrected chi connectivity index (χ0v) is 6.35. The summed E-state index contributed by atoms with van der Waals surface area (Å²) in [7, 11) is 0. The fourth-order valence-electron chi connectivity index (χ4n) is 0.858. The Labute approximate surface area is 70.8 Å². The summed E-state index contributed by atoms with van der Waals surface area (Å²) < 4.78 is 36.2. The molecule has 0 amide bonds. The highest BCUT2D eigenvalue weighted by Crippen LogP contribution is 2.25. The number of halogens is 3. The zero-order valence-electron chi connectivity index (χ0n) is 6.35. The van der Waals surface area contributed by atoms with Crippen molar-refractivity contribution < 1.29 is 18.3 Å². The lowest BCUT2D eigenvalue weighted by atomic mass is 10.2. The molecule has 6 heteroatoms. The van der Waals surface area contributed by atoms with Crippen molar-refractivity contribution in [2.45, 2.75) is 12.8 Å². The first kappa shape index (κ1) is 9.79. The average Bonchev–Trinajstić information content (AvgIpc) is 2.02. The van der Waals surface area contributed by atoms with Crippen LogP contribution in [0.3, 0.4) is 0 Å². The molecule has 0 spiro atoms. The molecule has 1 heterocycles. The molecule has 0 aliphatic carbocycles. The molecule has 2 N–H and O–H groups in total. The minimum atomic E-state index is -4.68. The summed E-state index contributed by atoms with van der Waals surface area (Å²) in [5, 5.41) is 8.52. The van der Waals surface area contributed by atoms with Crippen molar-refractivity contribution in [2.75, 3.05) is 0 Å². The largest absolute Gasteiger partial charge is 0.421 e. The molecule has 3 nitrogen and oxygen atoms in total. The number of aromatic amines is 1. The van der Waals surface area contributed by atoms with E-state index in [1.807, 2.05) is 0 Å². The Morgan fingerprint density at radius 3 is 2.46 bits per heavy atom. The Morgan fingerprint density at radius 1 is 1.38 bits per heavy atom. The lowest BCUT2D eigenvalue weighted by Crippen LogP contribution is -2.22. The third-order valence-corrected chi connectivity index (χ3v) is 1.50. The quantitative estimate of drug-likeness (QED) is 0.695. The molecule has 0 aliphatic heterocycles. The molecule has 0 atom stereocenters. The number of H-pyrrole nitrogens is 1. The summed E-state index contributed by atoms with van der Waals surface area (Å²) in [6, 6.07) is 0. The van der Waals surface area contributed by atoms with Crippen LogP contribution in [0.25, 0.3) is 0 Å². The van der Waals surface area contributed by atoms with Gasteiger partial charge in [-0.3, -0.25) is 4.79 Å². The summed E-state index contributed by atoms with van der Waals surface area (Å²) in [4.78, 5) is 13.1. The van der Waals surface area contributed by atoms with Crippen LogP contribution in [-0.2, 0) is 12.8 Å². The third-order valence-electron chi connectivity index (χ3n) is 1.50. The second-order valence-corrected chi connectivity index (χ2v) is 2.38. The molecule has 0 radical (unpaired) electrons. The van der Waals surface area contributed by atoms with E-state index in [4.69, 9.17) is 5.11 Å². The molecular weight excluding hydrogens is 187 g/mol. The number of rotatable bonds is 1. The fourth-order valence-corrected chi connectivity index (χ4v) is 0.858. The number of hydrogen-bond donors (Lipinski definition) is 2. The van der Waals surface area contributed by atoms with Crippen LogP contribution < -0.4 is 5.43 Å². The second kappa shape index (κ2) is 3.21. The molecule has 0 aromatic carbocycles. The van der Waals surface area contributed by atoms with E-state index in [1.165, 1.54) is 0 Å². The number of aliphatic hydroxyl groups is 1. The van der Waals surface area contributed by atoms with Crippen molar-refractivity contribution in [1.82, 2.24) is 4.98 Å². The zero-order chi connectivity index (χ0) is 10.1. The van der Waals surface area contributed by atoms with E-state index in [0.29, 0.717) is 6.20 Å². The summed E-state index contributed by atoms with van der Waals surface area (Å²) >= 11 is 0. The summed E-state index contributed by atoms with van der Waals surface area (Å²) in [6.45, 7) is -0.709. The number of nitrogens with one attached hydrogen (secondary N) is 1. The fraction of sp³-hybridized carbons (Fsp3) is 0.286. The Hall–Kier alpha value is -1.30. The van der Waals surface area contributed by atoms with Crippen LogP contribution in [0.4, 0.5) is 13.2 Å². The van der Waals surface area contributed by atoms with Crippen LogP contribution in [0.2, 0.25) is 0 Å². The molecule has 0 saturated carbocycles. The molecule has 0 aliphatic rings. The molecular formula is C7H6F3NO2. The summed E-state index contributed by atoms with van der Waals surface area (Å²) in [5.74, 6) is 0. The molecule has 72 valence electrons. The van der Waals surface area contributed by atoms with Gasteiger partial charge in [0.1, 0.15) is 5.56 Å². The van der Waals surface area contributed by atoms with E-state index in [-0.39, 0.29) is 5.56 Å². The highest BCUT2D eigenvalue weighted by atomic mass is 19.4. The number of hydrogen-bond acceptors (Lipinski definition) is 2. The predicted octanol–water partition coefficient (Wildman–Crippen LogP) is 0.886. The van der Waals surface area contributed by atoms with Gasteiger partial charge in [-0.05, 0) is 0 Å². The van der Waals surface area contributed by atoms with Crippen LogP contribution in [0.1, 0.15) is 11.1 Å². The first-order chi connectivity index (χ1) is 5.96. The van der Waals surface area contributed by atoms with Crippen LogP contribution in [0.5, 0.6) is 0 Å². The van der Waals surface area contributed by atoms with E-state index in [0.717, 1.165) is 6.20 Å². The molecule has 0 fully saturated rings. The monoisotopic (exact) mass is 193 g/mol. The maximum atomic E-state index is 12.1. The first-order valence-electron chi connectivity index (χ1n) is 3.35. The van der Waals surface area contributed by atoms with Crippen LogP contribution in [-0.4, -0.2) is 10.1 Å². The topological polar surface area (TPSA) is 53.1 Å². The molecule has 0 bridgehead atoms. The van der Waals surface area contributed by atoms with Gasteiger partial charge in [-0.1, -0.05) is 0 Å². The van der Waals surface area contributed by atoms with Crippen molar-refractivity contribution >= 4 is 0 Å². The Morgan fingerprint density at radius 2 is 2.00 bits per heavy atom. The van der Waals surface area contributed by atoms with Gasteiger partial charge in [0.15, 0.2) is 5.43 Å². The van der Waals surface area contributed by atoms with Gasteiger partial charge in [0.2, 0.25) is 0 Å². The van der Waals surface area contributed by atoms with Gasteiger partial charge in [-0.25, -0.2) is 0 Å². The van der Waals surface area contributed by atoms with E-state index < -0.39 is 23.8 Å². The molecule has 1 aromatic heterocycles.